The van der Waals surface area contributed by atoms with Gasteiger partial charge in [-0.2, -0.15) is 13.2 Å². The maximum atomic E-state index is 12.1. The zero-order chi connectivity index (χ0) is 10.6. The first kappa shape index (κ1) is 11.8. The number of aromatic nitrogens is 2. The Morgan fingerprint density at radius 1 is 1.50 bits per heavy atom. The number of hydrogen-bond acceptors (Lipinski definition) is 3. The van der Waals surface area contributed by atoms with Gasteiger partial charge in [0.2, 0.25) is 0 Å². The van der Waals surface area contributed by atoms with Crippen LogP contribution in [0.1, 0.15) is 0 Å². The summed E-state index contributed by atoms with van der Waals surface area (Å²) in [6.45, 7) is 0. The molecule has 0 spiro atoms. The topological polar surface area (TPSA) is 25.8 Å². The van der Waals surface area contributed by atoms with E-state index in [9.17, 15) is 13.2 Å². The highest BCUT2D eigenvalue weighted by Crippen LogP contribution is 2.30. The molecule has 0 N–H and O–H groups in total. The first-order valence-electron chi connectivity index (χ1n) is 3.60. The SMILES string of the molecule is FC(F)(F)C(Br)CSc1ccncn1. The summed E-state index contributed by atoms with van der Waals surface area (Å²) in [5.41, 5.74) is 0. The van der Waals surface area contributed by atoms with Crippen molar-refractivity contribution in [1.82, 2.24) is 9.97 Å². The van der Waals surface area contributed by atoms with Gasteiger partial charge >= 0.3 is 6.18 Å². The minimum absolute atomic E-state index is 0.0967. The maximum absolute atomic E-state index is 12.1. The van der Waals surface area contributed by atoms with Gasteiger partial charge in [0.1, 0.15) is 11.2 Å². The van der Waals surface area contributed by atoms with Crippen molar-refractivity contribution in [2.24, 2.45) is 0 Å². The van der Waals surface area contributed by atoms with Gasteiger partial charge in [-0.1, -0.05) is 15.9 Å². The lowest BCUT2D eigenvalue weighted by Gasteiger charge is -2.12. The molecular weight excluding hydrogens is 281 g/mol. The third-order valence-corrected chi connectivity index (χ3v) is 3.60. The third kappa shape index (κ3) is 3.83. The summed E-state index contributed by atoms with van der Waals surface area (Å²) < 4.78 is 36.2. The van der Waals surface area contributed by atoms with E-state index in [0.29, 0.717) is 5.03 Å². The third-order valence-electron chi connectivity index (χ3n) is 1.29. The van der Waals surface area contributed by atoms with E-state index in [-0.39, 0.29) is 5.75 Å². The standard InChI is InChI=1S/C7H6BrF3N2S/c8-5(7(9,10)11)3-14-6-1-2-12-4-13-6/h1-2,4-5H,3H2. The Bertz CT molecular complexity index is 280. The minimum Gasteiger partial charge on any atom is -0.245 e. The Morgan fingerprint density at radius 2 is 2.21 bits per heavy atom. The van der Waals surface area contributed by atoms with Gasteiger partial charge in [0.25, 0.3) is 0 Å². The van der Waals surface area contributed by atoms with Gasteiger partial charge in [-0.05, 0) is 6.07 Å². The largest absolute Gasteiger partial charge is 0.402 e. The van der Waals surface area contributed by atoms with Crippen LogP contribution in [0.3, 0.4) is 0 Å². The van der Waals surface area contributed by atoms with Gasteiger partial charge in [0.15, 0.2) is 0 Å². The van der Waals surface area contributed by atoms with Gasteiger partial charge in [0, 0.05) is 11.9 Å². The normalized spacial score (nSPS) is 14.0. The molecule has 0 aliphatic rings. The molecule has 0 amide bonds. The van der Waals surface area contributed by atoms with Crippen molar-refractivity contribution in [1.29, 1.82) is 0 Å². The highest BCUT2D eigenvalue weighted by molar-refractivity contribution is 9.09. The van der Waals surface area contributed by atoms with E-state index in [4.69, 9.17) is 0 Å². The van der Waals surface area contributed by atoms with Gasteiger partial charge < -0.3 is 0 Å². The Morgan fingerprint density at radius 3 is 2.71 bits per heavy atom. The lowest BCUT2D eigenvalue weighted by Crippen LogP contribution is -2.24. The van der Waals surface area contributed by atoms with Crippen LogP contribution in [-0.4, -0.2) is 26.7 Å². The zero-order valence-electron chi connectivity index (χ0n) is 6.83. The van der Waals surface area contributed by atoms with Crippen molar-refractivity contribution >= 4 is 27.7 Å². The number of nitrogens with zero attached hydrogens (tertiary/aromatic N) is 2. The summed E-state index contributed by atoms with van der Waals surface area (Å²) in [7, 11) is 0. The quantitative estimate of drug-likeness (QED) is 0.485. The Balaban J connectivity index is 2.42. The fourth-order valence-corrected chi connectivity index (χ4v) is 1.80. The number of hydrogen-bond donors (Lipinski definition) is 0. The predicted octanol–water partition coefficient (Wildman–Crippen LogP) is 2.89. The van der Waals surface area contributed by atoms with Crippen LogP contribution in [-0.2, 0) is 0 Å². The molecule has 0 aliphatic heterocycles. The average Bonchev–Trinajstić information content (AvgIpc) is 2.14. The molecule has 14 heavy (non-hydrogen) atoms. The van der Waals surface area contributed by atoms with Gasteiger partial charge in [-0.3, -0.25) is 0 Å². The van der Waals surface area contributed by atoms with Gasteiger partial charge in [-0.15, -0.1) is 11.8 Å². The van der Waals surface area contributed by atoms with E-state index in [1.165, 1.54) is 12.5 Å². The Kier molecular flexibility index (Phi) is 4.18. The number of rotatable bonds is 3. The second kappa shape index (κ2) is 4.97. The van der Waals surface area contributed by atoms with Crippen molar-refractivity contribution in [2.75, 3.05) is 5.75 Å². The first-order valence-corrected chi connectivity index (χ1v) is 5.50. The smallest absolute Gasteiger partial charge is 0.245 e. The van der Waals surface area contributed by atoms with Crippen molar-refractivity contribution in [2.45, 2.75) is 16.0 Å². The molecule has 1 aromatic heterocycles. The fourth-order valence-electron chi connectivity index (χ4n) is 0.617. The van der Waals surface area contributed by atoms with E-state index in [0.717, 1.165) is 11.8 Å². The number of alkyl halides is 4. The van der Waals surface area contributed by atoms with E-state index < -0.39 is 11.0 Å². The van der Waals surface area contributed by atoms with E-state index in [2.05, 4.69) is 25.9 Å². The second-order valence-corrected chi connectivity index (χ2v) is 4.51. The monoisotopic (exact) mass is 286 g/mol. The molecule has 1 unspecified atom stereocenters. The lowest BCUT2D eigenvalue weighted by atomic mass is 10.5. The average molecular weight is 287 g/mol. The fraction of sp³-hybridized carbons (Fsp3) is 0.429. The Labute approximate surface area is 91.5 Å². The molecule has 2 nitrogen and oxygen atoms in total. The van der Waals surface area contributed by atoms with Crippen LogP contribution in [0.15, 0.2) is 23.6 Å². The minimum atomic E-state index is -4.21. The molecule has 0 fully saturated rings. The molecule has 0 bridgehead atoms. The van der Waals surface area contributed by atoms with Crippen LogP contribution < -0.4 is 0 Å². The molecule has 1 rings (SSSR count). The number of halogens is 4. The molecule has 78 valence electrons. The molecule has 7 heteroatoms. The van der Waals surface area contributed by atoms with Crippen LogP contribution in [0.2, 0.25) is 0 Å². The van der Waals surface area contributed by atoms with Crippen molar-refractivity contribution in [3.63, 3.8) is 0 Å². The van der Waals surface area contributed by atoms with Crippen molar-refractivity contribution in [3.05, 3.63) is 18.6 Å². The number of thioether (sulfide) groups is 1. The molecule has 0 aromatic carbocycles. The van der Waals surface area contributed by atoms with Gasteiger partial charge in [0.05, 0.1) is 5.03 Å². The van der Waals surface area contributed by atoms with Gasteiger partial charge in [-0.25, -0.2) is 9.97 Å². The van der Waals surface area contributed by atoms with Crippen molar-refractivity contribution in [3.8, 4) is 0 Å². The lowest BCUT2D eigenvalue weighted by molar-refractivity contribution is -0.122. The van der Waals surface area contributed by atoms with Crippen LogP contribution in [0, 0.1) is 0 Å². The van der Waals surface area contributed by atoms with Crippen LogP contribution in [0.25, 0.3) is 0 Å². The van der Waals surface area contributed by atoms with E-state index in [1.807, 2.05) is 0 Å². The van der Waals surface area contributed by atoms with Crippen LogP contribution in [0.4, 0.5) is 13.2 Å². The van der Waals surface area contributed by atoms with E-state index >= 15 is 0 Å². The molecule has 0 saturated carbocycles. The van der Waals surface area contributed by atoms with Crippen LogP contribution >= 0.6 is 27.7 Å². The summed E-state index contributed by atoms with van der Waals surface area (Å²) in [6, 6.07) is 1.57. The molecule has 0 aliphatic carbocycles. The first-order chi connectivity index (χ1) is 6.50. The summed E-state index contributed by atoms with van der Waals surface area (Å²) in [6.07, 6.45) is -1.41. The molecule has 1 aromatic rings. The summed E-state index contributed by atoms with van der Waals surface area (Å²) in [5, 5.41) is 0.536. The Hall–Kier alpha value is -0.300. The highest BCUT2D eigenvalue weighted by Gasteiger charge is 2.37. The maximum Gasteiger partial charge on any atom is 0.402 e. The molecule has 1 atom stereocenters. The summed E-state index contributed by atoms with van der Waals surface area (Å²) >= 11 is 3.60. The van der Waals surface area contributed by atoms with E-state index in [1.54, 1.807) is 6.07 Å². The summed E-state index contributed by atoms with van der Waals surface area (Å²) in [4.78, 5) is 5.95. The second-order valence-electron chi connectivity index (χ2n) is 2.37. The summed E-state index contributed by atoms with van der Waals surface area (Å²) in [5.74, 6) is -0.0967. The van der Waals surface area contributed by atoms with Crippen molar-refractivity contribution < 1.29 is 13.2 Å². The molecule has 0 radical (unpaired) electrons. The highest BCUT2D eigenvalue weighted by atomic mass is 79.9. The molecule has 0 saturated heterocycles. The molecule has 1 heterocycles. The predicted molar refractivity (Wildman–Crippen MR) is 51.5 cm³/mol. The molecular formula is C7H6BrF3N2S. The van der Waals surface area contributed by atoms with Crippen LogP contribution in [0.5, 0.6) is 0 Å². The zero-order valence-corrected chi connectivity index (χ0v) is 9.23.